The molecule has 1 aromatic carbocycles. The SMILES string of the molecule is N#Cc1cccc(C(=O)NC23CC4CC(CC(C#Cc5cnccn5)(C4)C2)C3)c1. The Balaban J connectivity index is 1.41. The Labute approximate surface area is 170 Å². The average molecular weight is 382 g/mol. The minimum absolute atomic E-state index is 0.0522. The second kappa shape index (κ2) is 6.71. The van der Waals surface area contributed by atoms with Crippen molar-refractivity contribution in [2.75, 3.05) is 0 Å². The Bertz CT molecular complexity index is 1050. The van der Waals surface area contributed by atoms with Gasteiger partial charge in [0.2, 0.25) is 0 Å². The highest BCUT2D eigenvalue weighted by Crippen LogP contribution is 2.61. The second-order valence-electron chi connectivity index (χ2n) is 9.01. The van der Waals surface area contributed by atoms with Crippen molar-refractivity contribution in [3.63, 3.8) is 0 Å². The van der Waals surface area contributed by atoms with Crippen molar-refractivity contribution in [3.8, 4) is 17.9 Å². The molecule has 0 spiro atoms. The van der Waals surface area contributed by atoms with E-state index < -0.39 is 0 Å². The number of hydrogen-bond acceptors (Lipinski definition) is 4. The third-order valence-electron chi connectivity index (χ3n) is 6.71. The molecule has 1 aromatic heterocycles. The van der Waals surface area contributed by atoms with E-state index >= 15 is 0 Å². The minimum Gasteiger partial charge on any atom is -0.347 e. The highest BCUT2D eigenvalue weighted by atomic mass is 16.1. The molecule has 29 heavy (non-hydrogen) atoms. The van der Waals surface area contributed by atoms with Crippen molar-refractivity contribution in [1.82, 2.24) is 15.3 Å². The van der Waals surface area contributed by atoms with E-state index in [0.717, 1.165) is 32.1 Å². The quantitative estimate of drug-likeness (QED) is 0.807. The maximum Gasteiger partial charge on any atom is 0.251 e. The first-order valence-corrected chi connectivity index (χ1v) is 10.2. The molecule has 144 valence electrons. The normalized spacial score (nSPS) is 31.4. The zero-order valence-electron chi connectivity index (χ0n) is 16.2. The number of nitriles is 1. The van der Waals surface area contributed by atoms with Crippen LogP contribution in [0, 0.1) is 40.4 Å². The summed E-state index contributed by atoms with van der Waals surface area (Å²) < 4.78 is 0. The third-order valence-corrected chi connectivity index (χ3v) is 6.71. The van der Waals surface area contributed by atoms with Gasteiger partial charge >= 0.3 is 0 Å². The summed E-state index contributed by atoms with van der Waals surface area (Å²) in [6, 6.07) is 9.04. The molecule has 5 heteroatoms. The van der Waals surface area contributed by atoms with E-state index in [1.165, 1.54) is 6.42 Å². The number of rotatable bonds is 2. The lowest BCUT2D eigenvalue weighted by molar-refractivity contribution is -0.0484. The largest absolute Gasteiger partial charge is 0.347 e. The summed E-state index contributed by atoms with van der Waals surface area (Å²) in [6.07, 6.45) is 11.4. The first kappa shape index (κ1) is 17.9. The van der Waals surface area contributed by atoms with Gasteiger partial charge in [-0.15, -0.1) is 0 Å². The Hall–Kier alpha value is -3.18. The Morgan fingerprint density at radius 2 is 2.00 bits per heavy atom. The molecular weight excluding hydrogens is 360 g/mol. The lowest BCUT2D eigenvalue weighted by Crippen LogP contribution is -2.62. The molecule has 6 rings (SSSR count). The molecule has 4 saturated carbocycles. The van der Waals surface area contributed by atoms with Crippen LogP contribution >= 0.6 is 0 Å². The number of nitrogens with zero attached hydrogens (tertiary/aromatic N) is 3. The van der Waals surface area contributed by atoms with Gasteiger partial charge in [0.15, 0.2) is 0 Å². The zero-order chi connectivity index (χ0) is 19.9. The molecule has 2 atom stereocenters. The molecule has 4 fully saturated rings. The number of amides is 1. The van der Waals surface area contributed by atoms with E-state index in [0.29, 0.717) is 28.7 Å². The van der Waals surface area contributed by atoms with E-state index in [-0.39, 0.29) is 16.9 Å². The lowest BCUT2D eigenvalue weighted by atomic mass is 9.47. The molecule has 4 bridgehead atoms. The number of benzene rings is 1. The van der Waals surface area contributed by atoms with Crippen LogP contribution in [-0.4, -0.2) is 21.4 Å². The first-order chi connectivity index (χ1) is 14.1. The number of carbonyl (C=O) groups excluding carboxylic acids is 1. The van der Waals surface area contributed by atoms with Gasteiger partial charge in [-0.25, -0.2) is 4.98 Å². The monoisotopic (exact) mass is 382 g/mol. The number of aromatic nitrogens is 2. The summed E-state index contributed by atoms with van der Waals surface area (Å²) in [5.41, 5.74) is 1.52. The van der Waals surface area contributed by atoms with E-state index in [1.54, 1.807) is 42.9 Å². The highest BCUT2D eigenvalue weighted by Gasteiger charge is 2.57. The van der Waals surface area contributed by atoms with Crippen LogP contribution in [0.4, 0.5) is 0 Å². The Kier molecular flexibility index (Phi) is 4.14. The molecular formula is C24H22N4O. The Morgan fingerprint density at radius 3 is 2.72 bits per heavy atom. The topological polar surface area (TPSA) is 78.7 Å². The smallest absolute Gasteiger partial charge is 0.251 e. The molecule has 0 aliphatic heterocycles. The predicted molar refractivity (Wildman–Crippen MR) is 107 cm³/mol. The van der Waals surface area contributed by atoms with Gasteiger partial charge in [0, 0.05) is 28.9 Å². The van der Waals surface area contributed by atoms with E-state index in [9.17, 15) is 4.79 Å². The van der Waals surface area contributed by atoms with E-state index in [1.807, 2.05) is 0 Å². The van der Waals surface area contributed by atoms with Crippen molar-refractivity contribution in [1.29, 1.82) is 5.26 Å². The zero-order valence-corrected chi connectivity index (χ0v) is 16.2. The summed E-state index contributed by atoms with van der Waals surface area (Å²) in [4.78, 5) is 21.4. The minimum atomic E-state index is -0.194. The fraction of sp³-hybridized carbons (Fsp3) is 0.417. The lowest BCUT2D eigenvalue weighted by Gasteiger charge is -2.60. The third kappa shape index (κ3) is 3.38. The summed E-state index contributed by atoms with van der Waals surface area (Å²) >= 11 is 0. The number of nitrogens with one attached hydrogen (secondary N) is 1. The van der Waals surface area contributed by atoms with Crippen LogP contribution in [-0.2, 0) is 0 Å². The fourth-order valence-corrected chi connectivity index (χ4v) is 6.16. The fourth-order valence-electron chi connectivity index (χ4n) is 6.16. The molecule has 0 radical (unpaired) electrons. The van der Waals surface area contributed by atoms with Crippen LogP contribution < -0.4 is 5.32 Å². The second-order valence-corrected chi connectivity index (χ2v) is 9.01. The number of hydrogen-bond donors (Lipinski definition) is 1. The molecule has 1 N–H and O–H groups in total. The van der Waals surface area contributed by atoms with Gasteiger partial charge in [-0.2, -0.15) is 5.26 Å². The van der Waals surface area contributed by atoms with Crippen molar-refractivity contribution < 1.29 is 4.79 Å². The van der Waals surface area contributed by atoms with Crippen LogP contribution in [0.1, 0.15) is 60.1 Å². The maximum absolute atomic E-state index is 13.0. The van der Waals surface area contributed by atoms with Crippen molar-refractivity contribution >= 4 is 5.91 Å². The van der Waals surface area contributed by atoms with Crippen LogP contribution in [0.3, 0.4) is 0 Å². The van der Waals surface area contributed by atoms with Crippen LogP contribution in [0.25, 0.3) is 0 Å². The van der Waals surface area contributed by atoms with Gasteiger partial charge in [0.25, 0.3) is 5.91 Å². The molecule has 1 heterocycles. The molecule has 1 amide bonds. The standard InChI is InChI=1S/C24H22N4O/c25-14-17-2-1-3-20(9-17)22(29)28-24-12-18-8-19(13-24)11-23(10-18,16-24)5-4-21-15-26-6-7-27-21/h1-3,6-7,9,15,18-19H,8,10-13,16H2,(H,28,29). The first-order valence-electron chi connectivity index (χ1n) is 10.2. The van der Waals surface area contributed by atoms with Gasteiger partial charge < -0.3 is 5.32 Å². The Morgan fingerprint density at radius 1 is 1.17 bits per heavy atom. The van der Waals surface area contributed by atoms with Gasteiger partial charge in [-0.1, -0.05) is 12.0 Å². The summed E-state index contributed by atoms with van der Waals surface area (Å²) in [7, 11) is 0. The summed E-state index contributed by atoms with van der Waals surface area (Å²) in [5.74, 6) is 7.94. The van der Waals surface area contributed by atoms with Crippen LogP contribution in [0.5, 0.6) is 0 Å². The van der Waals surface area contributed by atoms with Gasteiger partial charge in [0.05, 0.1) is 17.8 Å². The van der Waals surface area contributed by atoms with Crippen molar-refractivity contribution in [2.24, 2.45) is 17.3 Å². The molecule has 2 aromatic rings. The molecule has 4 aliphatic rings. The number of carbonyl (C=O) groups is 1. The maximum atomic E-state index is 13.0. The predicted octanol–water partition coefficient (Wildman–Crippen LogP) is 3.47. The molecule has 4 aliphatic carbocycles. The van der Waals surface area contributed by atoms with Gasteiger partial charge in [-0.3, -0.25) is 9.78 Å². The van der Waals surface area contributed by atoms with E-state index in [2.05, 4.69) is 33.2 Å². The molecule has 2 unspecified atom stereocenters. The highest BCUT2D eigenvalue weighted by molar-refractivity contribution is 5.95. The van der Waals surface area contributed by atoms with Crippen molar-refractivity contribution in [2.45, 2.75) is 44.1 Å². The molecule has 0 saturated heterocycles. The summed E-state index contributed by atoms with van der Waals surface area (Å²) in [5, 5.41) is 12.5. The van der Waals surface area contributed by atoms with E-state index in [4.69, 9.17) is 5.26 Å². The van der Waals surface area contributed by atoms with Crippen LogP contribution in [0.15, 0.2) is 42.9 Å². The van der Waals surface area contributed by atoms with Gasteiger partial charge in [-0.05, 0) is 74.5 Å². The molecule has 5 nitrogen and oxygen atoms in total. The van der Waals surface area contributed by atoms with Gasteiger partial charge in [0.1, 0.15) is 5.69 Å². The van der Waals surface area contributed by atoms with Crippen molar-refractivity contribution in [3.05, 3.63) is 59.7 Å². The summed E-state index contributed by atoms with van der Waals surface area (Å²) in [6.45, 7) is 0. The van der Waals surface area contributed by atoms with Crippen LogP contribution in [0.2, 0.25) is 0 Å². The average Bonchev–Trinajstić information content (AvgIpc) is 2.72.